The number of rotatable bonds is 0. The average Bonchev–Trinajstić information content (AvgIpc) is 2.72. The summed E-state index contributed by atoms with van der Waals surface area (Å²) < 4.78 is 1.97. The van der Waals surface area contributed by atoms with Crippen molar-refractivity contribution in [2.75, 3.05) is 0 Å². The molecule has 1 aromatic heterocycles. The van der Waals surface area contributed by atoms with Gasteiger partial charge in [-0.3, -0.25) is 4.79 Å². The van der Waals surface area contributed by atoms with E-state index in [1.165, 1.54) is 0 Å². The van der Waals surface area contributed by atoms with Crippen LogP contribution in [0.3, 0.4) is 0 Å². The summed E-state index contributed by atoms with van der Waals surface area (Å²) in [5, 5.41) is 9.69. The largest absolute Gasteiger partial charge is 0.515 e. The molecule has 0 aliphatic carbocycles. The van der Waals surface area contributed by atoms with Crippen LogP contribution in [0.2, 0.25) is 0 Å². The van der Waals surface area contributed by atoms with Crippen molar-refractivity contribution in [3.8, 4) is 0 Å². The lowest BCUT2D eigenvalue weighted by atomic mass is 10.2. The van der Waals surface area contributed by atoms with Crippen LogP contribution in [-0.4, -0.2) is 14.7 Å². The maximum Gasteiger partial charge on any atom is 0.281 e. The van der Waals surface area contributed by atoms with Crippen molar-refractivity contribution in [2.24, 2.45) is 0 Å². The molecule has 4 heteroatoms. The minimum atomic E-state index is -0.233. The van der Waals surface area contributed by atoms with E-state index >= 15 is 0 Å². The molecule has 0 saturated carbocycles. The first-order chi connectivity index (χ1) is 7.81. The number of fused-ring (bicyclic) bond motifs is 3. The molecule has 1 aliphatic heterocycles. The van der Waals surface area contributed by atoms with E-state index < -0.39 is 0 Å². The molecule has 1 aromatic carbocycles. The Morgan fingerprint density at radius 1 is 1.38 bits per heavy atom. The molecule has 2 heterocycles. The van der Waals surface area contributed by atoms with Crippen LogP contribution >= 0.6 is 0 Å². The Hall–Kier alpha value is -2.10. The van der Waals surface area contributed by atoms with Gasteiger partial charge in [0.2, 0.25) is 0 Å². The quantitative estimate of drug-likeness (QED) is 0.679. The molecule has 0 atom stereocenters. The number of benzene rings is 1. The zero-order valence-electron chi connectivity index (χ0n) is 8.55. The van der Waals surface area contributed by atoms with Crippen LogP contribution in [0.1, 0.15) is 12.2 Å². The molecule has 4 nitrogen and oxygen atoms in total. The van der Waals surface area contributed by atoms with Gasteiger partial charge in [-0.2, -0.15) is 4.98 Å². The smallest absolute Gasteiger partial charge is 0.281 e. The number of hydrogen-bond donors (Lipinski definition) is 1. The van der Waals surface area contributed by atoms with E-state index in [1.54, 1.807) is 6.07 Å². The van der Waals surface area contributed by atoms with Crippen LogP contribution in [0.5, 0.6) is 0 Å². The van der Waals surface area contributed by atoms with Gasteiger partial charge < -0.3 is 9.67 Å². The van der Waals surface area contributed by atoms with E-state index in [-0.39, 0.29) is 5.56 Å². The normalized spacial score (nSPS) is 16.9. The molecular weight excluding hydrogens is 204 g/mol. The van der Waals surface area contributed by atoms with Crippen molar-refractivity contribution >= 4 is 16.5 Å². The number of aromatic nitrogens is 2. The summed E-state index contributed by atoms with van der Waals surface area (Å²) in [5.74, 6) is 0.589. The molecule has 0 unspecified atom stereocenters. The highest BCUT2D eigenvalue weighted by atomic mass is 16.2. The highest BCUT2D eigenvalue weighted by Crippen LogP contribution is 2.26. The third kappa shape index (κ3) is 1.10. The molecule has 0 bridgehead atoms. The van der Waals surface area contributed by atoms with Crippen molar-refractivity contribution < 1.29 is 5.11 Å². The predicted molar refractivity (Wildman–Crippen MR) is 61.2 cm³/mol. The average molecular weight is 214 g/mol. The van der Waals surface area contributed by atoms with Gasteiger partial charge in [-0.15, -0.1) is 0 Å². The molecule has 2 aromatic rings. The SMILES string of the molecule is O=c1nc2n(c3ccccc13)CC/C2=C/O. The lowest BCUT2D eigenvalue weighted by Crippen LogP contribution is -2.14. The lowest BCUT2D eigenvalue weighted by Gasteiger charge is -2.06. The van der Waals surface area contributed by atoms with Gasteiger partial charge >= 0.3 is 0 Å². The van der Waals surface area contributed by atoms with Gasteiger partial charge in [-0.25, -0.2) is 0 Å². The number of allylic oxidation sites excluding steroid dienone is 1. The van der Waals surface area contributed by atoms with E-state index in [1.807, 2.05) is 22.8 Å². The molecular formula is C12H10N2O2. The van der Waals surface area contributed by atoms with Crippen LogP contribution in [0.25, 0.3) is 16.5 Å². The summed E-state index contributed by atoms with van der Waals surface area (Å²) in [7, 11) is 0. The first-order valence-corrected chi connectivity index (χ1v) is 5.14. The Kier molecular flexibility index (Phi) is 1.83. The first-order valence-electron chi connectivity index (χ1n) is 5.14. The number of para-hydroxylation sites is 1. The second-order valence-corrected chi connectivity index (χ2v) is 3.81. The maximum atomic E-state index is 11.8. The van der Waals surface area contributed by atoms with Gasteiger partial charge in [-0.05, 0) is 18.6 Å². The van der Waals surface area contributed by atoms with E-state index in [2.05, 4.69) is 4.98 Å². The number of aryl methyl sites for hydroxylation is 1. The Labute approximate surface area is 91.5 Å². The topological polar surface area (TPSA) is 55.1 Å². The van der Waals surface area contributed by atoms with Crippen molar-refractivity contribution in [1.82, 2.24) is 9.55 Å². The zero-order valence-corrected chi connectivity index (χ0v) is 8.55. The summed E-state index contributed by atoms with van der Waals surface area (Å²) in [6, 6.07) is 7.41. The van der Waals surface area contributed by atoms with Crippen molar-refractivity contribution in [1.29, 1.82) is 0 Å². The highest BCUT2D eigenvalue weighted by Gasteiger charge is 2.20. The summed E-state index contributed by atoms with van der Waals surface area (Å²) in [6.45, 7) is 0.759. The lowest BCUT2D eigenvalue weighted by molar-refractivity contribution is 0.474. The van der Waals surface area contributed by atoms with Gasteiger partial charge in [0, 0.05) is 12.1 Å². The van der Waals surface area contributed by atoms with Crippen LogP contribution in [0, 0.1) is 0 Å². The predicted octanol–water partition coefficient (Wildman–Crippen LogP) is 1.70. The molecule has 1 aliphatic rings. The summed E-state index contributed by atoms with van der Waals surface area (Å²) in [4.78, 5) is 15.8. The highest BCUT2D eigenvalue weighted by molar-refractivity contribution is 5.80. The molecule has 80 valence electrons. The van der Waals surface area contributed by atoms with Crippen LogP contribution in [0.4, 0.5) is 0 Å². The van der Waals surface area contributed by atoms with Crippen LogP contribution in [-0.2, 0) is 6.54 Å². The van der Waals surface area contributed by atoms with Gasteiger partial charge in [-0.1, -0.05) is 12.1 Å². The minimum Gasteiger partial charge on any atom is -0.515 e. The number of hydrogen-bond acceptors (Lipinski definition) is 3. The molecule has 1 N–H and O–H groups in total. The van der Waals surface area contributed by atoms with Crippen molar-refractivity contribution in [3.63, 3.8) is 0 Å². The molecule has 0 spiro atoms. The standard InChI is InChI=1S/C12H10N2O2/c15-7-8-5-6-14-10-4-2-1-3-9(10)12(16)13-11(8)14/h1-4,7,15H,5-6H2/b8-7-. The fourth-order valence-corrected chi connectivity index (χ4v) is 2.16. The van der Waals surface area contributed by atoms with E-state index in [9.17, 15) is 4.79 Å². The molecule has 0 fully saturated rings. The molecule has 16 heavy (non-hydrogen) atoms. The Morgan fingerprint density at radius 2 is 2.19 bits per heavy atom. The third-order valence-corrected chi connectivity index (χ3v) is 2.94. The van der Waals surface area contributed by atoms with E-state index in [0.717, 1.165) is 30.3 Å². The fourth-order valence-electron chi connectivity index (χ4n) is 2.16. The zero-order chi connectivity index (χ0) is 11.1. The van der Waals surface area contributed by atoms with Gasteiger partial charge in [0.15, 0.2) is 0 Å². The van der Waals surface area contributed by atoms with E-state index in [0.29, 0.717) is 11.2 Å². The molecule has 0 amide bonds. The summed E-state index contributed by atoms with van der Waals surface area (Å²) in [5.41, 5.74) is 1.38. The van der Waals surface area contributed by atoms with Crippen LogP contribution in [0.15, 0.2) is 35.3 Å². The van der Waals surface area contributed by atoms with Gasteiger partial charge in [0.1, 0.15) is 5.82 Å². The van der Waals surface area contributed by atoms with Crippen molar-refractivity contribution in [3.05, 3.63) is 46.7 Å². The maximum absolute atomic E-state index is 11.8. The Morgan fingerprint density at radius 3 is 3.00 bits per heavy atom. The number of aliphatic hydroxyl groups excluding tert-OH is 1. The summed E-state index contributed by atoms with van der Waals surface area (Å²) in [6.07, 6.45) is 1.76. The minimum absolute atomic E-state index is 0.233. The fraction of sp³-hybridized carbons (Fsp3) is 0.167. The molecule has 3 rings (SSSR count). The number of nitrogens with zero attached hydrogens (tertiary/aromatic N) is 2. The summed E-state index contributed by atoms with van der Waals surface area (Å²) >= 11 is 0. The van der Waals surface area contributed by atoms with Gasteiger partial charge in [0.25, 0.3) is 5.56 Å². The Balaban J connectivity index is 2.48. The van der Waals surface area contributed by atoms with Crippen LogP contribution < -0.4 is 5.56 Å². The number of aliphatic hydroxyl groups is 1. The van der Waals surface area contributed by atoms with E-state index in [4.69, 9.17) is 5.11 Å². The monoisotopic (exact) mass is 214 g/mol. The van der Waals surface area contributed by atoms with Crippen molar-refractivity contribution in [2.45, 2.75) is 13.0 Å². The third-order valence-electron chi connectivity index (χ3n) is 2.94. The molecule has 0 saturated heterocycles. The molecule has 0 radical (unpaired) electrons. The Bertz CT molecular complexity index is 656. The second-order valence-electron chi connectivity index (χ2n) is 3.81. The van der Waals surface area contributed by atoms with Gasteiger partial charge in [0.05, 0.1) is 17.2 Å². The first kappa shape index (κ1) is 9.15. The second kappa shape index (κ2) is 3.20.